The van der Waals surface area contributed by atoms with Crippen LogP contribution in [0.4, 0.5) is 0 Å². The fourth-order valence-corrected chi connectivity index (χ4v) is 3.47. The molecule has 2 rings (SSSR count). The Labute approximate surface area is 162 Å². The van der Waals surface area contributed by atoms with E-state index in [1.807, 2.05) is 11.8 Å². The number of carbonyl (C=O) groups excluding carboxylic acids is 1. The molecule has 1 amide bonds. The van der Waals surface area contributed by atoms with Crippen molar-refractivity contribution in [3.05, 3.63) is 70.8 Å². The van der Waals surface area contributed by atoms with E-state index < -0.39 is 0 Å². The Bertz CT molecular complexity index is 684. The lowest BCUT2D eigenvalue weighted by Gasteiger charge is -2.19. The molecule has 0 aromatic heterocycles. The number of carbonyl (C=O) groups is 1. The van der Waals surface area contributed by atoms with Crippen LogP contribution in [-0.2, 0) is 22.4 Å². The maximum atomic E-state index is 12.0. The molecular weight excluding hydrogens is 338 g/mol. The summed E-state index contributed by atoms with van der Waals surface area (Å²) >= 11 is 1.86. The van der Waals surface area contributed by atoms with E-state index in [0.717, 1.165) is 24.5 Å². The standard InChI is InChI=1S/C23H31NOS/c1-18-5-7-20(8-6-18)17-26-16-15-24-22(25)14-11-19-9-12-21(13-10-19)23(2,3)4/h5-10,12-13H,11,14-17H2,1-4H3,(H,24,25). The molecule has 0 aliphatic carbocycles. The van der Waals surface area contributed by atoms with Crippen LogP contribution in [0.3, 0.4) is 0 Å². The van der Waals surface area contributed by atoms with Gasteiger partial charge in [-0.1, -0.05) is 74.9 Å². The lowest BCUT2D eigenvalue weighted by molar-refractivity contribution is -0.120. The van der Waals surface area contributed by atoms with Crippen molar-refractivity contribution in [2.45, 2.75) is 51.7 Å². The van der Waals surface area contributed by atoms with Gasteiger partial charge in [-0.15, -0.1) is 0 Å². The highest BCUT2D eigenvalue weighted by atomic mass is 32.2. The van der Waals surface area contributed by atoms with E-state index in [9.17, 15) is 4.79 Å². The molecule has 1 N–H and O–H groups in total. The molecule has 140 valence electrons. The number of hydrogen-bond donors (Lipinski definition) is 1. The van der Waals surface area contributed by atoms with Crippen LogP contribution in [0.25, 0.3) is 0 Å². The predicted octanol–water partition coefficient (Wildman–Crippen LogP) is 5.27. The summed E-state index contributed by atoms with van der Waals surface area (Å²) in [6.07, 6.45) is 1.35. The third kappa shape index (κ3) is 7.25. The highest BCUT2D eigenvalue weighted by molar-refractivity contribution is 7.98. The molecule has 0 aliphatic rings. The van der Waals surface area contributed by atoms with Gasteiger partial charge in [-0.05, 0) is 35.4 Å². The van der Waals surface area contributed by atoms with Crippen molar-refractivity contribution in [1.82, 2.24) is 5.32 Å². The highest BCUT2D eigenvalue weighted by Crippen LogP contribution is 2.22. The molecule has 0 aliphatic heterocycles. The first kappa shape index (κ1) is 20.6. The maximum Gasteiger partial charge on any atom is 0.220 e. The fourth-order valence-electron chi connectivity index (χ4n) is 2.65. The lowest BCUT2D eigenvalue weighted by atomic mass is 9.86. The van der Waals surface area contributed by atoms with E-state index in [4.69, 9.17) is 0 Å². The molecule has 26 heavy (non-hydrogen) atoms. The summed E-state index contributed by atoms with van der Waals surface area (Å²) in [6.45, 7) is 9.48. The second-order valence-electron chi connectivity index (χ2n) is 7.84. The van der Waals surface area contributed by atoms with Gasteiger partial charge in [-0.25, -0.2) is 0 Å². The fraction of sp³-hybridized carbons (Fsp3) is 0.435. The SMILES string of the molecule is Cc1ccc(CSCCNC(=O)CCc2ccc(C(C)(C)C)cc2)cc1. The zero-order chi connectivity index (χ0) is 19.0. The van der Waals surface area contributed by atoms with Crippen molar-refractivity contribution >= 4 is 17.7 Å². The van der Waals surface area contributed by atoms with E-state index in [2.05, 4.69) is 81.5 Å². The van der Waals surface area contributed by atoms with Crippen molar-refractivity contribution in [3.63, 3.8) is 0 Å². The Hall–Kier alpha value is -1.74. The third-order valence-corrected chi connectivity index (χ3v) is 5.45. The second kappa shape index (κ2) is 9.82. The number of hydrogen-bond acceptors (Lipinski definition) is 2. The van der Waals surface area contributed by atoms with E-state index in [0.29, 0.717) is 6.42 Å². The van der Waals surface area contributed by atoms with Crippen LogP contribution >= 0.6 is 11.8 Å². The van der Waals surface area contributed by atoms with Gasteiger partial charge in [-0.3, -0.25) is 4.79 Å². The second-order valence-corrected chi connectivity index (χ2v) is 8.94. The monoisotopic (exact) mass is 369 g/mol. The smallest absolute Gasteiger partial charge is 0.220 e. The Morgan fingerprint density at radius 3 is 2.19 bits per heavy atom. The van der Waals surface area contributed by atoms with E-state index >= 15 is 0 Å². The molecule has 2 aromatic rings. The van der Waals surface area contributed by atoms with Gasteiger partial charge < -0.3 is 5.32 Å². The van der Waals surface area contributed by atoms with Gasteiger partial charge in [0.2, 0.25) is 5.91 Å². The van der Waals surface area contributed by atoms with E-state index in [-0.39, 0.29) is 11.3 Å². The molecule has 0 fully saturated rings. The number of thioether (sulfide) groups is 1. The minimum atomic E-state index is 0.140. The average molecular weight is 370 g/mol. The van der Waals surface area contributed by atoms with Crippen molar-refractivity contribution < 1.29 is 4.79 Å². The summed E-state index contributed by atoms with van der Waals surface area (Å²) in [7, 11) is 0. The third-order valence-electron chi connectivity index (χ3n) is 4.42. The zero-order valence-electron chi connectivity index (χ0n) is 16.5. The van der Waals surface area contributed by atoms with Crippen LogP contribution < -0.4 is 5.32 Å². The van der Waals surface area contributed by atoms with E-state index in [1.165, 1.54) is 22.3 Å². The molecule has 0 saturated heterocycles. The van der Waals surface area contributed by atoms with Crippen LogP contribution in [0.2, 0.25) is 0 Å². The number of nitrogens with one attached hydrogen (secondary N) is 1. The zero-order valence-corrected chi connectivity index (χ0v) is 17.3. The van der Waals surface area contributed by atoms with Gasteiger partial charge in [0, 0.05) is 24.5 Å². The first-order valence-electron chi connectivity index (χ1n) is 9.34. The Morgan fingerprint density at radius 1 is 0.962 bits per heavy atom. The number of benzene rings is 2. The van der Waals surface area contributed by atoms with Gasteiger partial charge in [0.15, 0.2) is 0 Å². The predicted molar refractivity (Wildman–Crippen MR) is 114 cm³/mol. The summed E-state index contributed by atoms with van der Waals surface area (Å²) in [6, 6.07) is 17.3. The van der Waals surface area contributed by atoms with Crippen molar-refractivity contribution in [1.29, 1.82) is 0 Å². The van der Waals surface area contributed by atoms with Crippen LogP contribution in [-0.4, -0.2) is 18.2 Å². The van der Waals surface area contributed by atoms with Crippen LogP contribution in [0.5, 0.6) is 0 Å². The Morgan fingerprint density at radius 2 is 1.58 bits per heavy atom. The summed E-state index contributed by atoms with van der Waals surface area (Å²) in [5.74, 6) is 2.08. The quantitative estimate of drug-likeness (QED) is 0.642. The van der Waals surface area contributed by atoms with Crippen molar-refractivity contribution in [2.75, 3.05) is 12.3 Å². The normalized spacial score (nSPS) is 11.4. The van der Waals surface area contributed by atoms with Gasteiger partial charge in [0.05, 0.1) is 0 Å². The molecule has 0 unspecified atom stereocenters. The summed E-state index contributed by atoms with van der Waals surface area (Å²) < 4.78 is 0. The first-order valence-corrected chi connectivity index (χ1v) is 10.5. The average Bonchev–Trinajstić information content (AvgIpc) is 2.61. The summed E-state index contributed by atoms with van der Waals surface area (Å²) in [4.78, 5) is 12.0. The molecule has 0 saturated carbocycles. The lowest BCUT2D eigenvalue weighted by Crippen LogP contribution is -2.25. The Balaban J connectivity index is 1.61. The Kier molecular flexibility index (Phi) is 7.77. The van der Waals surface area contributed by atoms with Gasteiger partial charge in [0.25, 0.3) is 0 Å². The molecule has 0 heterocycles. The topological polar surface area (TPSA) is 29.1 Å². The molecule has 0 spiro atoms. The number of aryl methyl sites for hydroxylation is 2. The molecule has 2 nitrogen and oxygen atoms in total. The van der Waals surface area contributed by atoms with Crippen LogP contribution in [0, 0.1) is 6.92 Å². The molecule has 3 heteroatoms. The van der Waals surface area contributed by atoms with Gasteiger partial charge >= 0.3 is 0 Å². The van der Waals surface area contributed by atoms with Crippen LogP contribution in [0.1, 0.15) is 49.4 Å². The van der Waals surface area contributed by atoms with Crippen LogP contribution in [0.15, 0.2) is 48.5 Å². The first-order chi connectivity index (χ1) is 12.3. The number of rotatable bonds is 8. The minimum absolute atomic E-state index is 0.140. The molecule has 0 atom stereocenters. The van der Waals surface area contributed by atoms with Gasteiger partial charge in [-0.2, -0.15) is 11.8 Å². The van der Waals surface area contributed by atoms with Crippen molar-refractivity contribution in [2.24, 2.45) is 0 Å². The molecular formula is C23H31NOS. The van der Waals surface area contributed by atoms with E-state index in [1.54, 1.807) is 0 Å². The molecule has 0 bridgehead atoms. The minimum Gasteiger partial charge on any atom is -0.355 e. The number of amides is 1. The summed E-state index contributed by atoms with van der Waals surface area (Å²) in [5, 5.41) is 3.02. The molecule has 0 radical (unpaired) electrons. The van der Waals surface area contributed by atoms with Gasteiger partial charge in [0.1, 0.15) is 0 Å². The van der Waals surface area contributed by atoms with Crippen molar-refractivity contribution in [3.8, 4) is 0 Å². The summed E-state index contributed by atoms with van der Waals surface area (Å²) in [5.41, 5.74) is 5.36. The highest BCUT2D eigenvalue weighted by Gasteiger charge is 2.12. The largest absolute Gasteiger partial charge is 0.355 e. The maximum absolute atomic E-state index is 12.0. The molecule has 2 aromatic carbocycles.